The number of nitrogens with zero attached hydrogens (tertiary/aromatic N) is 2. The number of phenols is 1. The molecule has 0 unspecified atom stereocenters. The zero-order valence-corrected chi connectivity index (χ0v) is 10.5. The maximum absolute atomic E-state index is 9.86. The van der Waals surface area contributed by atoms with E-state index < -0.39 is 0 Å². The number of hydrazone groups is 1. The van der Waals surface area contributed by atoms with Gasteiger partial charge in [0.25, 0.3) is 0 Å². The molecular formula is C12H12N4OS. The first kappa shape index (κ1) is 12.3. The molecule has 1 aromatic carbocycles. The van der Waals surface area contributed by atoms with E-state index in [4.69, 9.17) is 5.73 Å². The SMILES string of the molecule is Cc1cnc(/C=N/NC(N)=S)c2cccc(O)c12. The lowest BCUT2D eigenvalue weighted by Gasteiger charge is -2.06. The van der Waals surface area contributed by atoms with Gasteiger partial charge in [-0.05, 0) is 30.8 Å². The minimum atomic E-state index is 0.0884. The van der Waals surface area contributed by atoms with Crippen molar-refractivity contribution in [2.24, 2.45) is 10.8 Å². The molecular weight excluding hydrogens is 248 g/mol. The second kappa shape index (κ2) is 4.97. The lowest BCUT2D eigenvalue weighted by atomic mass is 10.1. The molecule has 0 aliphatic carbocycles. The second-order valence-corrected chi connectivity index (χ2v) is 4.20. The molecule has 0 saturated carbocycles. The molecule has 0 atom stereocenters. The maximum atomic E-state index is 9.86. The first-order valence-electron chi connectivity index (χ1n) is 5.25. The maximum Gasteiger partial charge on any atom is 0.184 e. The molecule has 2 aromatic rings. The summed E-state index contributed by atoms with van der Waals surface area (Å²) >= 11 is 4.64. The Morgan fingerprint density at radius 2 is 2.33 bits per heavy atom. The summed E-state index contributed by atoms with van der Waals surface area (Å²) in [4.78, 5) is 4.26. The molecule has 92 valence electrons. The normalized spacial score (nSPS) is 10.9. The van der Waals surface area contributed by atoms with Crippen LogP contribution in [0.2, 0.25) is 0 Å². The number of aromatic nitrogens is 1. The highest BCUT2D eigenvalue weighted by atomic mass is 32.1. The van der Waals surface area contributed by atoms with Gasteiger partial charge in [0.05, 0.1) is 11.9 Å². The van der Waals surface area contributed by atoms with Crippen molar-refractivity contribution in [2.75, 3.05) is 0 Å². The van der Waals surface area contributed by atoms with E-state index in [0.29, 0.717) is 5.69 Å². The van der Waals surface area contributed by atoms with E-state index in [9.17, 15) is 5.11 Å². The zero-order chi connectivity index (χ0) is 13.1. The summed E-state index contributed by atoms with van der Waals surface area (Å²) in [5.41, 5.74) is 9.27. The molecule has 0 aliphatic rings. The molecule has 1 heterocycles. The topological polar surface area (TPSA) is 83.5 Å². The Morgan fingerprint density at radius 3 is 3.06 bits per heavy atom. The first-order valence-corrected chi connectivity index (χ1v) is 5.66. The van der Waals surface area contributed by atoms with Crippen molar-refractivity contribution >= 4 is 34.3 Å². The number of nitrogens with two attached hydrogens (primary N) is 1. The molecule has 4 N–H and O–H groups in total. The van der Waals surface area contributed by atoms with Crippen molar-refractivity contribution in [1.29, 1.82) is 0 Å². The van der Waals surface area contributed by atoms with Gasteiger partial charge in [-0.1, -0.05) is 12.1 Å². The van der Waals surface area contributed by atoms with Gasteiger partial charge in [-0.15, -0.1) is 0 Å². The second-order valence-electron chi connectivity index (χ2n) is 3.76. The third kappa shape index (κ3) is 2.38. The van der Waals surface area contributed by atoms with E-state index in [1.807, 2.05) is 13.0 Å². The third-order valence-electron chi connectivity index (χ3n) is 2.47. The number of phenolic OH excluding ortho intramolecular Hbond substituents is 1. The van der Waals surface area contributed by atoms with E-state index in [-0.39, 0.29) is 10.9 Å². The molecule has 18 heavy (non-hydrogen) atoms. The molecule has 0 saturated heterocycles. The van der Waals surface area contributed by atoms with Crippen LogP contribution in [0.5, 0.6) is 5.75 Å². The standard InChI is InChI=1S/C12H12N4OS/c1-7-5-14-9(6-15-16-12(13)18)8-3-2-4-10(17)11(7)8/h2-6,17H,1H3,(H3,13,16,18)/b15-6+. The number of hydrogen-bond acceptors (Lipinski definition) is 4. The highest BCUT2D eigenvalue weighted by molar-refractivity contribution is 7.80. The fourth-order valence-corrected chi connectivity index (χ4v) is 1.78. The van der Waals surface area contributed by atoms with E-state index in [2.05, 4.69) is 27.7 Å². The molecule has 0 radical (unpaired) electrons. The Bertz CT molecular complexity index is 631. The largest absolute Gasteiger partial charge is 0.507 e. The van der Waals surface area contributed by atoms with E-state index in [1.54, 1.807) is 18.3 Å². The van der Waals surface area contributed by atoms with Crippen molar-refractivity contribution in [3.8, 4) is 5.75 Å². The molecule has 5 nitrogen and oxygen atoms in total. The van der Waals surface area contributed by atoms with Gasteiger partial charge in [-0.3, -0.25) is 10.4 Å². The zero-order valence-electron chi connectivity index (χ0n) is 9.71. The molecule has 0 bridgehead atoms. The Labute approximate surface area is 109 Å². The van der Waals surface area contributed by atoms with Crippen molar-refractivity contribution in [2.45, 2.75) is 6.92 Å². The molecule has 0 aliphatic heterocycles. The molecule has 0 fully saturated rings. The van der Waals surface area contributed by atoms with Crippen molar-refractivity contribution in [3.05, 3.63) is 35.7 Å². The van der Waals surface area contributed by atoms with Gasteiger partial charge in [-0.25, -0.2) is 0 Å². The fourth-order valence-electron chi connectivity index (χ4n) is 1.73. The Hall–Kier alpha value is -2.21. The average molecular weight is 260 g/mol. The average Bonchev–Trinajstić information content (AvgIpc) is 2.32. The van der Waals surface area contributed by atoms with Crippen molar-refractivity contribution in [1.82, 2.24) is 10.4 Å². The first-order chi connectivity index (χ1) is 8.59. The van der Waals surface area contributed by atoms with Gasteiger partial charge >= 0.3 is 0 Å². The third-order valence-corrected chi connectivity index (χ3v) is 2.56. The van der Waals surface area contributed by atoms with Crippen LogP contribution in [0, 0.1) is 6.92 Å². The highest BCUT2D eigenvalue weighted by Gasteiger charge is 2.06. The minimum absolute atomic E-state index is 0.0884. The molecule has 0 amide bonds. The quantitative estimate of drug-likeness (QED) is 0.432. The summed E-state index contributed by atoms with van der Waals surface area (Å²) in [5, 5.41) is 15.4. The van der Waals surface area contributed by atoms with E-state index >= 15 is 0 Å². The molecule has 1 aromatic heterocycles. The predicted molar refractivity (Wildman–Crippen MR) is 75.7 cm³/mol. The summed E-state index contributed by atoms with van der Waals surface area (Å²) in [6.07, 6.45) is 3.20. The summed E-state index contributed by atoms with van der Waals surface area (Å²) in [6, 6.07) is 5.28. The Kier molecular flexibility index (Phi) is 3.38. The number of rotatable bonds is 2. The van der Waals surface area contributed by atoms with Crippen LogP contribution >= 0.6 is 12.2 Å². The van der Waals surface area contributed by atoms with Crippen LogP contribution < -0.4 is 11.2 Å². The molecule has 6 heteroatoms. The van der Waals surface area contributed by atoms with Crippen LogP contribution in [0.25, 0.3) is 10.8 Å². The number of nitrogens with one attached hydrogen (secondary N) is 1. The minimum Gasteiger partial charge on any atom is -0.507 e. The highest BCUT2D eigenvalue weighted by Crippen LogP contribution is 2.28. The van der Waals surface area contributed by atoms with Gasteiger partial charge in [0.1, 0.15) is 5.75 Å². The number of thiocarbonyl (C=S) groups is 1. The smallest absolute Gasteiger partial charge is 0.184 e. The summed E-state index contributed by atoms with van der Waals surface area (Å²) in [7, 11) is 0. The van der Waals surface area contributed by atoms with Gasteiger partial charge < -0.3 is 10.8 Å². The lowest BCUT2D eigenvalue weighted by molar-refractivity contribution is 0.481. The monoisotopic (exact) mass is 260 g/mol. The Balaban J connectivity index is 2.53. The summed E-state index contributed by atoms with van der Waals surface area (Å²) < 4.78 is 0. The van der Waals surface area contributed by atoms with Crippen LogP contribution in [-0.4, -0.2) is 21.4 Å². The number of hydrogen-bond donors (Lipinski definition) is 3. The number of aryl methyl sites for hydroxylation is 1. The number of benzene rings is 1. The van der Waals surface area contributed by atoms with Gasteiger partial charge in [0.2, 0.25) is 0 Å². The van der Waals surface area contributed by atoms with E-state index in [0.717, 1.165) is 16.3 Å². The number of fused-ring (bicyclic) bond motifs is 1. The van der Waals surface area contributed by atoms with E-state index in [1.165, 1.54) is 6.21 Å². The van der Waals surface area contributed by atoms with Crippen LogP contribution in [-0.2, 0) is 0 Å². The predicted octanol–water partition coefficient (Wildman–Crippen LogP) is 1.42. The fraction of sp³-hybridized carbons (Fsp3) is 0.0833. The van der Waals surface area contributed by atoms with Crippen LogP contribution in [0.1, 0.15) is 11.3 Å². The van der Waals surface area contributed by atoms with Crippen LogP contribution in [0.3, 0.4) is 0 Å². The molecule has 2 rings (SSSR count). The molecule has 0 spiro atoms. The number of aromatic hydroxyl groups is 1. The van der Waals surface area contributed by atoms with Crippen molar-refractivity contribution in [3.63, 3.8) is 0 Å². The van der Waals surface area contributed by atoms with Crippen molar-refractivity contribution < 1.29 is 5.11 Å². The van der Waals surface area contributed by atoms with Crippen LogP contribution in [0.4, 0.5) is 0 Å². The Morgan fingerprint density at radius 1 is 1.56 bits per heavy atom. The lowest BCUT2D eigenvalue weighted by Crippen LogP contribution is -2.24. The summed E-state index contributed by atoms with van der Waals surface area (Å²) in [6.45, 7) is 1.89. The van der Waals surface area contributed by atoms with Gasteiger partial charge in [0, 0.05) is 17.0 Å². The van der Waals surface area contributed by atoms with Gasteiger partial charge in [0.15, 0.2) is 5.11 Å². The number of pyridine rings is 1. The van der Waals surface area contributed by atoms with Gasteiger partial charge in [-0.2, -0.15) is 5.10 Å². The summed E-state index contributed by atoms with van der Waals surface area (Å²) in [5.74, 6) is 0.226. The van der Waals surface area contributed by atoms with Crippen LogP contribution in [0.15, 0.2) is 29.5 Å².